The third-order valence-corrected chi connectivity index (χ3v) is 5.95. The number of pyridine rings is 1. The van der Waals surface area contributed by atoms with E-state index in [1.165, 1.54) is 11.8 Å². The van der Waals surface area contributed by atoms with Gasteiger partial charge in [0, 0.05) is 29.2 Å². The number of nitrogens with one attached hydrogen (secondary N) is 1. The molecule has 0 amide bonds. The lowest BCUT2D eigenvalue weighted by Gasteiger charge is -2.09. The summed E-state index contributed by atoms with van der Waals surface area (Å²) in [5, 5.41) is 9.14. The molecule has 11 heteroatoms. The van der Waals surface area contributed by atoms with Crippen molar-refractivity contribution in [2.45, 2.75) is 11.7 Å². The van der Waals surface area contributed by atoms with Crippen LogP contribution in [0, 0.1) is 0 Å². The van der Waals surface area contributed by atoms with Crippen molar-refractivity contribution in [1.82, 2.24) is 19.7 Å². The topological polar surface area (TPSA) is 120 Å². The van der Waals surface area contributed by atoms with Gasteiger partial charge < -0.3 is 4.42 Å². The lowest BCUT2D eigenvalue weighted by molar-refractivity contribution is 0.102. The minimum atomic E-state index is -3.37. The molecule has 3 aromatic heterocycles. The average molecular weight is 470 g/mol. The van der Waals surface area contributed by atoms with E-state index in [9.17, 15) is 13.2 Å². The summed E-state index contributed by atoms with van der Waals surface area (Å²) in [5.41, 5.74) is 1.68. The number of ketones is 1. The molecule has 0 radical (unpaired) electrons. The molecular weight excluding hydrogens is 450 g/mol. The molecule has 0 aliphatic carbocycles. The van der Waals surface area contributed by atoms with E-state index in [1.54, 1.807) is 42.9 Å². The molecule has 0 aliphatic rings. The van der Waals surface area contributed by atoms with Crippen LogP contribution in [-0.2, 0) is 16.6 Å². The fourth-order valence-electron chi connectivity index (χ4n) is 2.96. The summed E-state index contributed by atoms with van der Waals surface area (Å²) in [6, 6.07) is 13.7. The molecule has 1 aromatic carbocycles. The number of benzene rings is 1. The Kier molecular flexibility index (Phi) is 6.37. The van der Waals surface area contributed by atoms with Gasteiger partial charge in [0.2, 0.25) is 10.0 Å². The Hall–Kier alpha value is -3.44. The summed E-state index contributed by atoms with van der Waals surface area (Å²) >= 11 is 1.27. The Morgan fingerprint density at radius 1 is 1.12 bits per heavy atom. The molecule has 32 heavy (non-hydrogen) atoms. The van der Waals surface area contributed by atoms with Crippen LogP contribution in [0.5, 0.6) is 0 Å². The quantitative estimate of drug-likeness (QED) is 0.293. The monoisotopic (exact) mass is 469 g/mol. The molecule has 0 aliphatic heterocycles. The fraction of sp³-hybridized carbons (Fsp3) is 0.143. The van der Waals surface area contributed by atoms with Gasteiger partial charge in [0.25, 0.3) is 0 Å². The first kappa shape index (κ1) is 21.8. The second kappa shape index (κ2) is 9.37. The standard InChI is InChI=1S/C21H19N5O4S2/c1-32(28,29)25-17-8-6-15(7-9-17)19(27)14-31-21-24-23-20(16-4-2-10-22-12-16)26(21)13-18-5-3-11-30-18/h2-12,25H,13-14H2,1H3. The lowest BCUT2D eigenvalue weighted by atomic mass is 10.1. The number of furan rings is 1. The third-order valence-electron chi connectivity index (χ3n) is 4.37. The Balaban J connectivity index is 1.51. The molecule has 1 N–H and O–H groups in total. The van der Waals surface area contributed by atoms with Gasteiger partial charge in [-0.2, -0.15) is 0 Å². The van der Waals surface area contributed by atoms with Crippen LogP contribution in [-0.4, -0.2) is 46.0 Å². The van der Waals surface area contributed by atoms with E-state index in [2.05, 4.69) is 19.9 Å². The highest BCUT2D eigenvalue weighted by atomic mass is 32.2. The zero-order chi connectivity index (χ0) is 22.6. The van der Waals surface area contributed by atoms with Crippen LogP contribution in [0.25, 0.3) is 11.4 Å². The number of sulfonamides is 1. The van der Waals surface area contributed by atoms with Gasteiger partial charge in [-0.3, -0.25) is 19.1 Å². The van der Waals surface area contributed by atoms with Crippen molar-refractivity contribution in [3.63, 3.8) is 0 Å². The van der Waals surface area contributed by atoms with Crippen molar-refractivity contribution < 1.29 is 17.6 Å². The molecule has 3 heterocycles. The van der Waals surface area contributed by atoms with Crippen LogP contribution in [0.15, 0.2) is 76.8 Å². The molecule has 164 valence electrons. The summed E-state index contributed by atoms with van der Waals surface area (Å²) < 4.78 is 32.4. The van der Waals surface area contributed by atoms with Crippen molar-refractivity contribution >= 4 is 33.3 Å². The number of nitrogens with zero attached hydrogens (tertiary/aromatic N) is 4. The van der Waals surface area contributed by atoms with Gasteiger partial charge in [-0.15, -0.1) is 10.2 Å². The maximum atomic E-state index is 12.7. The zero-order valence-corrected chi connectivity index (χ0v) is 18.6. The van der Waals surface area contributed by atoms with Crippen LogP contribution in [0.3, 0.4) is 0 Å². The Bertz CT molecular complexity index is 1300. The van der Waals surface area contributed by atoms with Crippen molar-refractivity contribution in [2.24, 2.45) is 0 Å². The first-order valence-corrected chi connectivity index (χ1v) is 12.4. The van der Waals surface area contributed by atoms with E-state index in [-0.39, 0.29) is 11.5 Å². The van der Waals surface area contributed by atoms with Crippen LogP contribution in [0.4, 0.5) is 5.69 Å². The van der Waals surface area contributed by atoms with Gasteiger partial charge in [-0.1, -0.05) is 11.8 Å². The Morgan fingerprint density at radius 2 is 1.94 bits per heavy atom. The van der Waals surface area contributed by atoms with Crippen molar-refractivity contribution in [2.75, 3.05) is 16.7 Å². The number of aromatic nitrogens is 4. The van der Waals surface area contributed by atoms with E-state index in [1.807, 2.05) is 28.8 Å². The van der Waals surface area contributed by atoms with E-state index in [4.69, 9.17) is 4.42 Å². The third kappa shape index (κ3) is 5.42. The first-order chi connectivity index (χ1) is 15.4. The SMILES string of the molecule is CS(=O)(=O)Nc1ccc(C(=O)CSc2nnc(-c3cccnc3)n2Cc2ccco2)cc1. The molecular formula is C21H19N5O4S2. The Morgan fingerprint density at radius 3 is 2.59 bits per heavy atom. The van der Waals surface area contributed by atoms with E-state index >= 15 is 0 Å². The van der Waals surface area contributed by atoms with E-state index in [0.717, 1.165) is 17.6 Å². The Labute approximate surface area is 188 Å². The molecule has 0 saturated carbocycles. The number of rotatable bonds is 9. The highest BCUT2D eigenvalue weighted by Crippen LogP contribution is 2.25. The van der Waals surface area contributed by atoms with E-state index in [0.29, 0.717) is 28.8 Å². The van der Waals surface area contributed by atoms with Crippen LogP contribution in [0.2, 0.25) is 0 Å². The number of anilines is 1. The number of hydrogen-bond donors (Lipinski definition) is 1. The van der Waals surface area contributed by atoms with E-state index < -0.39 is 10.0 Å². The summed E-state index contributed by atoms with van der Waals surface area (Å²) in [6.45, 7) is 0.409. The predicted octanol–water partition coefficient (Wildman–Crippen LogP) is 3.33. The highest BCUT2D eigenvalue weighted by Gasteiger charge is 2.18. The number of carbonyl (C=O) groups excluding carboxylic acids is 1. The van der Waals surface area contributed by atoms with Crippen LogP contribution in [0.1, 0.15) is 16.1 Å². The average Bonchev–Trinajstić information content (AvgIpc) is 3.42. The smallest absolute Gasteiger partial charge is 0.229 e. The minimum absolute atomic E-state index is 0.114. The zero-order valence-electron chi connectivity index (χ0n) is 17.0. The molecule has 0 atom stereocenters. The molecule has 4 aromatic rings. The molecule has 0 unspecified atom stereocenters. The summed E-state index contributed by atoms with van der Waals surface area (Å²) in [6.07, 6.45) is 6.06. The fourth-order valence-corrected chi connectivity index (χ4v) is 4.35. The first-order valence-electron chi connectivity index (χ1n) is 9.49. The second-order valence-electron chi connectivity index (χ2n) is 6.88. The molecule has 0 bridgehead atoms. The molecule has 4 rings (SSSR count). The van der Waals surface area contributed by atoms with Crippen molar-refractivity contribution in [3.8, 4) is 11.4 Å². The number of Topliss-reactive ketones (excluding diaryl/α,β-unsaturated/α-hetero) is 1. The minimum Gasteiger partial charge on any atom is -0.467 e. The maximum absolute atomic E-state index is 12.7. The summed E-state index contributed by atoms with van der Waals surface area (Å²) in [5.74, 6) is 1.39. The molecule has 9 nitrogen and oxygen atoms in total. The van der Waals surface area contributed by atoms with Crippen molar-refractivity contribution in [3.05, 3.63) is 78.5 Å². The van der Waals surface area contributed by atoms with Gasteiger partial charge in [-0.25, -0.2) is 8.42 Å². The van der Waals surface area contributed by atoms with Crippen LogP contribution >= 0.6 is 11.8 Å². The summed E-state index contributed by atoms with van der Waals surface area (Å²) in [4.78, 5) is 16.8. The van der Waals surface area contributed by atoms with Gasteiger partial charge in [0.05, 0.1) is 24.8 Å². The molecule has 0 saturated heterocycles. The number of thioether (sulfide) groups is 1. The number of hydrogen-bond acceptors (Lipinski definition) is 8. The largest absolute Gasteiger partial charge is 0.467 e. The highest BCUT2D eigenvalue weighted by molar-refractivity contribution is 7.99. The second-order valence-corrected chi connectivity index (χ2v) is 9.57. The van der Waals surface area contributed by atoms with Crippen LogP contribution < -0.4 is 4.72 Å². The maximum Gasteiger partial charge on any atom is 0.229 e. The van der Waals surface area contributed by atoms with Gasteiger partial charge in [-0.05, 0) is 48.5 Å². The van der Waals surface area contributed by atoms with Gasteiger partial charge >= 0.3 is 0 Å². The van der Waals surface area contributed by atoms with Gasteiger partial charge in [0.1, 0.15) is 5.76 Å². The normalized spacial score (nSPS) is 11.4. The predicted molar refractivity (Wildman–Crippen MR) is 121 cm³/mol. The lowest BCUT2D eigenvalue weighted by Crippen LogP contribution is -2.10. The number of carbonyl (C=O) groups is 1. The molecule has 0 spiro atoms. The van der Waals surface area contributed by atoms with Gasteiger partial charge in [0.15, 0.2) is 16.8 Å². The molecule has 0 fully saturated rings. The van der Waals surface area contributed by atoms with Crippen molar-refractivity contribution in [1.29, 1.82) is 0 Å². The summed E-state index contributed by atoms with van der Waals surface area (Å²) in [7, 11) is -3.37.